The normalized spacial score (nSPS) is 10.5. The van der Waals surface area contributed by atoms with Crippen molar-refractivity contribution >= 4 is 6.01 Å². The minimum atomic E-state index is 0.0797. The quantitative estimate of drug-likeness (QED) is 0.772. The molecule has 0 saturated heterocycles. The molecule has 2 aromatic rings. The van der Waals surface area contributed by atoms with Crippen LogP contribution in [0, 0.1) is 0 Å². The van der Waals surface area contributed by atoms with Crippen LogP contribution in [0.5, 0.6) is 0 Å². The number of nitrogens with zero attached hydrogens (tertiary/aromatic N) is 2. The van der Waals surface area contributed by atoms with E-state index in [4.69, 9.17) is 15.9 Å². The topological polar surface area (TPSA) is 91.0 Å². The Morgan fingerprint density at radius 3 is 2.40 bits per heavy atom. The maximum Gasteiger partial charge on any atom is 0.313 e. The van der Waals surface area contributed by atoms with Crippen molar-refractivity contribution in [3.63, 3.8) is 0 Å². The second kappa shape index (κ2) is 4.10. The van der Waals surface area contributed by atoms with E-state index < -0.39 is 0 Å². The summed E-state index contributed by atoms with van der Waals surface area (Å²) in [5.74, 6) is 0.437. The number of hydrogen-bond acceptors (Lipinski definition) is 5. The third kappa shape index (κ3) is 2.13. The molecule has 0 aliphatic carbocycles. The monoisotopic (exact) mass is 204 g/mol. The van der Waals surface area contributed by atoms with Gasteiger partial charge in [-0.15, -0.1) is 5.10 Å². The van der Waals surface area contributed by atoms with Crippen molar-refractivity contribution in [2.24, 2.45) is 5.73 Å². The predicted molar refractivity (Wildman–Crippen MR) is 56.9 cm³/mol. The minimum Gasteiger partial charge on any atom is -0.404 e. The molecule has 5 nitrogen and oxygen atoms in total. The molecular formula is C10H12N4O. The Morgan fingerprint density at radius 2 is 1.87 bits per heavy atom. The Labute approximate surface area is 87.1 Å². The van der Waals surface area contributed by atoms with Crippen LogP contribution in [0.15, 0.2) is 28.7 Å². The van der Waals surface area contributed by atoms with Crippen LogP contribution in [0.3, 0.4) is 0 Å². The summed E-state index contributed by atoms with van der Waals surface area (Å²) in [5, 5.41) is 7.39. The zero-order chi connectivity index (χ0) is 10.7. The van der Waals surface area contributed by atoms with Crippen molar-refractivity contribution < 1.29 is 4.42 Å². The lowest BCUT2D eigenvalue weighted by atomic mass is 10.1. The van der Waals surface area contributed by atoms with E-state index in [1.807, 2.05) is 24.3 Å². The van der Waals surface area contributed by atoms with E-state index in [0.29, 0.717) is 12.4 Å². The first-order valence-corrected chi connectivity index (χ1v) is 4.68. The summed E-state index contributed by atoms with van der Waals surface area (Å²) >= 11 is 0. The lowest BCUT2D eigenvalue weighted by molar-refractivity contribution is 0.590. The van der Waals surface area contributed by atoms with Gasteiger partial charge >= 0.3 is 6.01 Å². The summed E-state index contributed by atoms with van der Waals surface area (Å²) in [6.45, 7) is 0.646. The average molecular weight is 204 g/mol. The zero-order valence-corrected chi connectivity index (χ0v) is 8.18. The molecule has 0 unspecified atom stereocenters. The van der Waals surface area contributed by atoms with Crippen molar-refractivity contribution in [2.45, 2.75) is 6.42 Å². The van der Waals surface area contributed by atoms with Crippen molar-refractivity contribution in [3.05, 3.63) is 29.8 Å². The highest BCUT2D eigenvalue weighted by atomic mass is 16.4. The number of nitrogen functional groups attached to an aromatic ring is 1. The Hall–Kier alpha value is -1.88. The molecule has 0 aliphatic heterocycles. The van der Waals surface area contributed by atoms with Crippen molar-refractivity contribution in [1.29, 1.82) is 0 Å². The fourth-order valence-electron chi connectivity index (χ4n) is 1.33. The van der Waals surface area contributed by atoms with Crippen molar-refractivity contribution in [1.82, 2.24) is 10.2 Å². The van der Waals surface area contributed by atoms with Crippen LogP contribution in [-0.4, -0.2) is 16.7 Å². The third-order valence-electron chi connectivity index (χ3n) is 2.07. The van der Waals surface area contributed by atoms with Gasteiger partial charge in [-0.2, -0.15) is 0 Å². The molecule has 0 amide bonds. The standard InChI is InChI=1S/C10H12N4O/c11-6-5-7-1-3-8(4-2-7)9-13-14-10(12)15-9/h1-4H,5-6,11H2,(H2,12,14). The lowest BCUT2D eigenvalue weighted by Gasteiger charge is -1.99. The van der Waals surface area contributed by atoms with E-state index in [1.54, 1.807) is 0 Å². The van der Waals surface area contributed by atoms with Gasteiger partial charge in [-0.05, 0) is 30.7 Å². The molecule has 1 heterocycles. The van der Waals surface area contributed by atoms with Gasteiger partial charge in [0.05, 0.1) is 0 Å². The Kier molecular flexibility index (Phi) is 2.64. The molecule has 0 radical (unpaired) electrons. The fourth-order valence-corrected chi connectivity index (χ4v) is 1.33. The first kappa shape index (κ1) is 9.67. The largest absolute Gasteiger partial charge is 0.404 e. The maximum atomic E-state index is 5.46. The SMILES string of the molecule is NCCc1ccc(-c2nnc(N)o2)cc1. The van der Waals surface area contributed by atoms with Gasteiger partial charge < -0.3 is 15.9 Å². The van der Waals surface area contributed by atoms with Crippen molar-refractivity contribution in [3.8, 4) is 11.5 Å². The molecule has 2 rings (SSSR count). The van der Waals surface area contributed by atoms with Gasteiger partial charge in [-0.3, -0.25) is 0 Å². The zero-order valence-electron chi connectivity index (χ0n) is 8.18. The van der Waals surface area contributed by atoms with E-state index in [1.165, 1.54) is 5.56 Å². The van der Waals surface area contributed by atoms with Crippen LogP contribution in [0.1, 0.15) is 5.56 Å². The Bertz CT molecular complexity index is 435. The van der Waals surface area contributed by atoms with Crippen LogP contribution in [-0.2, 0) is 6.42 Å². The second-order valence-corrected chi connectivity index (χ2v) is 3.18. The minimum absolute atomic E-state index is 0.0797. The van der Waals surface area contributed by atoms with Gasteiger partial charge in [-0.25, -0.2) is 0 Å². The van der Waals surface area contributed by atoms with Crippen LogP contribution in [0.4, 0.5) is 6.01 Å². The lowest BCUT2D eigenvalue weighted by Crippen LogP contribution is -2.02. The molecule has 0 spiro atoms. The van der Waals surface area contributed by atoms with Crippen LogP contribution in [0.25, 0.3) is 11.5 Å². The molecule has 0 saturated carbocycles. The van der Waals surface area contributed by atoms with Crippen LogP contribution < -0.4 is 11.5 Å². The number of anilines is 1. The summed E-state index contributed by atoms with van der Waals surface area (Å²) in [7, 11) is 0. The molecular weight excluding hydrogens is 192 g/mol. The number of hydrogen-bond donors (Lipinski definition) is 2. The highest BCUT2D eigenvalue weighted by molar-refractivity contribution is 5.53. The van der Waals surface area contributed by atoms with Crippen molar-refractivity contribution in [2.75, 3.05) is 12.3 Å². The summed E-state index contributed by atoms with van der Waals surface area (Å²) < 4.78 is 5.10. The van der Waals surface area contributed by atoms with E-state index in [9.17, 15) is 0 Å². The number of aromatic nitrogens is 2. The van der Waals surface area contributed by atoms with E-state index in [-0.39, 0.29) is 6.01 Å². The summed E-state index contributed by atoms with van der Waals surface area (Å²) in [4.78, 5) is 0. The number of benzene rings is 1. The average Bonchev–Trinajstić information content (AvgIpc) is 2.67. The number of nitrogens with two attached hydrogens (primary N) is 2. The summed E-state index contributed by atoms with van der Waals surface area (Å²) in [5.41, 5.74) is 12.8. The van der Waals surface area contributed by atoms with Gasteiger partial charge in [0.2, 0.25) is 5.89 Å². The molecule has 1 aromatic heterocycles. The van der Waals surface area contributed by atoms with Gasteiger partial charge in [0.25, 0.3) is 0 Å². The molecule has 0 bridgehead atoms. The molecule has 78 valence electrons. The highest BCUT2D eigenvalue weighted by Crippen LogP contribution is 2.18. The third-order valence-corrected chi connectivity index (χ3v) is 2.07. The molecule has 0 aliphatic rings. The smallest absolute Gasteiger partial charge is 0.313 e. The predicted octanol–water partition coefficient (Wildman–Crippen LogP) is 0.820. The Morgan fingerprint density at radius 1 is 1.13 bits per heavy atom. The number of rotatable bonds is 3. The van der Waals surface area contributed by atoms with E-state index in [2.05, 4.69) is 10.2 Å². The van der Waals surface area contributed by atoms with Gasteiger partial charge in [0.1, 0.15) is 0 Å². The van der Waals surface area contributed by atoms with Gasteiger partial charge in [0, 0.05) is 5.56 Å². The second-order valence-electron chi connectivity index (χ2n) is 3.18. The molecule has 1 aromatic carbocycles. The maximum absolute atomic E-state index is 5.46. The molecule has 0 fully saturated rings. The molecule has 0 atom stereocenters. The van der Waals surface area contributed by atoms with Gasteiger partial charge in [-0.1, -0.05) is 17.2 Å². The fraction of sp³-hybridized carbons (Fsp3) is 0.200. The molecule has 5 heteroatoms. The highest BCUT2D eigenvalue weighted by Gasteiger charge is 2.05. The van der Waals surface area contributed by atoms with Crippen LogP contribution >= 0.6 is 0 Å². The molecule has 15 heavy (non-hydrogen) atoms. The summed E-state index contributed by atoms with van der Waals surface area (Å²) in [6, 6.07) is 7.89. The first-order chi connectivity index (χ1) is 7.29. The van der Waals surface area contributed by atoms with Crippen LogP contribution in [0.2, 0.25) is 0 Å². The van der Waals surface area contributed by atoms with E-state index in [0.717, 1.165) is 12.0 Å². The van der Waals surface area contributed by atoms with Gasteiger partial charge in [0.15, 0.2) is 0 Å². The molecule has 4 N–H and O–H groups in total. The Balaban J connectivity index is 2.23. The first-order valence-electron chi connectivity index (χ1n) is 4.68. The summed E-state index contributed by atoms with van der Waals surface area (Å²) in [6.07, 6.45) is 0.867. The van der Waals surface area contributed by atoms with E-state index >= 15 is 0 Å².